The van der Waals surface area contributed by atoms with Gasteiger partial charge >= 0.3 is 5.97 Å². The van der Waals surface area contributed by atoms with E-state index in [9.17, 15) is 13.2 Å². The Kier molecular flexibility index (Phi) is 4.69. The van der Waals surface area contributed by atoms with E-state index in [1.807, 2.05) is 0 Å². The Morgan fingerprint density at radius 1 is 1.33 bits per heavy atom. The summed E-state index contributed by atoms with van der Waals surface area (Å²) < 4.78 is 32.3. The molecule has 0 amide bonds. The summed E-state index contributed by atoms with van der Waals surface area (Å²) in [6, 6.07) is 5.52. The van der Waals surface area contributed by atoms with Crippen LogP contribution in [0, 0.1) is 0 Å². The van der Waals surface area contributed by atoms with Crippen LogP contribution >= 0.6 is 0 Å². The molecule has 0 aliphatic carbocycles. The summed E-state index contributed by atoms with van der Waals surface area (Å²) in [5, 5.41) is 8.85. The van der Waals surface area contributed by atoms with Crippen molar-refractivity contribution in [3.63, 3.8) is 0 Å². The lowest BCUT2D eigenvalue weighted by atomic mass is 10.3. The normalized spacial score (nSPS) is 13.0. The smallest absolute Gasteiger partial charge is 0.347 e. The Morgan fingerprint density at radius 2 is 1.89 bits per heavy atom. The number of hydrogen-bond donors (Lipinski definition) is 1. The minimum atomic E-state index is -3.27. The number of carboxylic acid groups (broad SMARTS) is 1. The summed E-state index contributed by atoms with van der Waals surface area (Å²) in [5.41, 5.74) is 0. The number of methoxy groups -OCH3 is 1. The van der Waals surface area contributed by atoms with Crippen LogP contribution in [0.1, 0.15) is 0 Å². The summed E-state index contributed by atoms with van der Waals surface area (Å²) in [6.45, 7) is -0.0941. The third-order valence-electron chi connectivity index (χ3n) is 2.12. The van der Waals surface area contributed by atoms with Crippen molar-refractivity contribution in [1.29, 1.82) is 0 Å². The maximum atomic E-state index is 11.2. The van der Waals surface area contributed by atoms with Crippen molar-refractivity contribution in [2.75, 3.05) is 20.0 Å². The van der Waals surface area contributed by atoms with Gasteiger partial charge in [0, 0.05) is 13.4 Å². The van der Waals surface area contributed by atoms with Crippen molar-refractivity contribution in [3.8, 4) is 5.75 Å². The van der Waals surface area contributed by atoms with Gasteiger partial charge in [-0.05, 0) is 24.3 Å². The highest BCUT2D eigenvalue weighted by Crippen LogP contribution is 2.17. The van der Waals surface area contributed by atoms with Crippen molar-refractivity contribution in [3.05, 3.63) is 24.3 Å². The molecule has 0 heterocycles. The summed E-state index contributed by atoms with van der Waals surface area (Å²) in [4.78, 5) is 11.0. The second-order valence-electron chi connectivity index (χ2n) is 3.64. The van der Waals surface area contributed by atoms with Crippen LogP contribution in [-0.4, -0.2) is 45.6 Å². The second kappa shape index (κ2) is 5.83. The highest BCUT2D eigenvalue weighted by molar-refractivity contribution is 7.90. The van der Waals surface area contributed by atoms with Gasteiger partial charge in [-0.25, -0.2) is 13.2 Å². The zero-order valence-corrected chi connectivity index (χ0v) is 10.8. The van der Waals surface area contributed by atoms with E-state index in [-0.39, 0.29) is 17.3 Å². The van der Waals surface area contributed by atoms with E-state index >= 15 is 0 Å². The van der Waals surface area contributed by atoms with E-state index in [1.165, 1.54) is 31.4 Å². The molecule has 1 atom stereocenters. The monoisotopic (exact) mass is 274 g/mol. The van der Waals surface area contributed by atoms with Gasteiger partial charge in [0.1, 0.15) is 5.75 Å². The van der Waals surface area contributed by atoms with Crippen LogP contribution in [0.15, 0.2) is 29.2 Å². The van der Waals surface area contributed by atoms with Gasteiger partial charge in [0.05, 0.1) is 11.5 Å². The highest BCUT2D eigenvalue weighted by Gasteiger charge is 2.19. The minimum Gasteiger partial charge on any atom is -0.478 e. The first-order valence-electron chi connectivity index (χ1n) is 5.03. The fraction of sp³-hybridized carbons (Fsp3) is 0.364. The number of ether oxygens (including phenoxy) is 2. The molecule has 0 radical (unpaired) electrons. The number of rotatable bonds is 6. The van der Waals surface area contributed by atoms with Gasteiger partial charge in [0.2, 0.25) is 6.10 Å². The molecule has 0 saturated carbocycles. The van der Waals surface area contributed by atoms with Crippen LogP contribution in [-0.2, 0) is 19.4 Å². The second-order valence-corrected chi connectivity index (χ2v) is 5.66. The predicted octanol–water partition coefficient (Wildman–Crippen LogP) is 0.569. The molecule has 0 fully saturated rings. The quantitative estimate of drug-likeness (QED) is 0.815. The number of carbonyl (C=O) groups is 1. The summed E-state index contributed by atoms with van der Waals surface area (Å²) in [6.07, 6.45) is -0.0347. The number of aliphatic carboxylic acids is 1. The molecule has 18 heavy (non-hydrogen) atoms. The molecule has 0 bridgehead atoms. The third-order valence-corrected chi connectivity index (χ3v) is 3.25. The molecule has 1 aromatic rings. The van der Waals surface area contributed by atoms with E-state index < -0.39 is 21.9 Å². The van der Waals surface area contributed by atoms with Gasteiger partial charge < -0.3 is 14.6 Å². The van der Waals surface area contributed by atoms with Crippen LogP contribution in [0.25, 0.3) is 0 Å². The molecule has 100 valence electrons. The van der Waals surface area contributed by atoms with Crippen molar-refractivity contribution < 1.29 is 27.8 Å². The fourth-order valence-electron chi connectivity index (χ4n) is 1.24. The first-order valence-corrected chi connectivity index (χ1v) is 6.92. The molecule has 0 spiro atoms. The van der Waals surface area contributed by atoms with Gasteiger partial charge in [-0.15, -0.1) is 0 Å². The Morgan fingerprint density at radius 3 is 2.28 bits per heavy atom. The predicted molar refractivity (Wildman–Crippen MR) is 63.5 cm³/mol. The molecule has 6 nitrogen and oxygen atoms in total. The molecule has 1 rings (SSSR count). The van der Waals surface area contributed by atoms with Crippen molar-refractivity contribution in [2.24, 2.45) is 0 Å². The van der Waals surface area contributed by atoms with E-state index in [0.29, 0.717) is 0 Å². The Labute approximate surface area is 105 Å². The molecule has 7 heteroatoms. The fourth-order valence-corrected chi connectivity index (χ4v) is 1.87. The SMILES string of the molecule is COCC(Oc1ccc(S(C)(=O)=O)cc1)C(=O)O. The average Bonchev–Trinajstić information content (AvgIpc) is 2.28. The molecular formula is C11H14O6S. The van der Waals surface area contributed by atoms with Crippen molar-refractivity contribution >= 4 is 15.8 Å². The van der Waals surface area contributed by atoms with Crippen LogP contribution < -0.4 is 4.74 Å². The topological polar surface area (TPSA) is 89.9 Å². The van der Waals surface area contributed by atoms with Gasteiger partial charge in [-0.3, -0.25) is 0 Å². The first-order chi connectivity index (χ1) is 8.34. The summed E-state index contributed by atoms with van der Waals surface area (Å²) in [5.74, 6) is -0.879. The molecule has 1 unspecified atom stereocenters. The largest absolute Gasteiger partial charge is 0.478 e. The van der Waals surface area contributed by atoms with E-state index in [0.717, 1.165) is 6.26 Å². The number of hydrogen-bond acceptors (Lipinski definition) is 5. The van der Waals surface area contributed by atoms with E-state index in [2.05, 4.69) is 0 Å². The van der Waals surface area contributed by atoms with Crippen molar-refractivity contribution in [2.45, 2.75) is 11.0 Å². The standard InChI is InChI=1S/C11H14O6S/c1-16-7-10(11(12)13)17-8-3-5-9(6-4-8)18(2,14)15/h3-6,10H,7H2,1-2H3,(H,12,13). The number of benzene rings is 1. The number of carboxylic acids is 1. The van der Waals surface area contributed by atoms with Gasteiger partial charge in [0.25, 0.3) is 0 Å². The minimum absolute atomic E-state index is 0.0941. The zero-order valence-electron chi connectivity index (χ0n) is 9.99. The van der Waals surface area contributed by atoms with Crippen LogP contribution in [0.5, 0.6) is 5.75 Å². The molecule has 0 aliphatic heterocycles. The first kappa shape index (κ1) is 14.5. The Balaban J connectivity index is 2.83. The number of sulfone groups is 1. The lowest BCUT2D eigenvalue weighted by Crippen LogP contribution is -2.31. The molecular weight excluding hydrogens is 260 g/mol. The van der Waals surface area contributed by atoms with Crippen LogP contribution in [0.4, 0.5) is 0 Å². The van der Waals surface area contributed by atoms with Gasteiger partial charge in [0.15, 0.2) is 9.84 Å². The lowest BCUT2D eigenvalue weighted by molar-refractivity contribution is -0.147. The maximum Gasteiger partial charge on any atom is 0.347 e. The Bertz CT molecular complexity index is 505. The lowest BCUT2D eigenvalue weighted by Gasteiger charge is -2.14. The van der Waals surface area contributed by atoms with Crippen LogP contribution in [0.3, 0.4) is 0 Å². The summed E-state index contributed by atoms with van der Waals surface area (Å²) in [7, 11) is -1.90. The zero-order chi connectivity index (χ0) is 13.8. The average molecular weight is 274 g/mol. The molecule has 1 N–H and O–H groups in total. The molecule has 1 aromatic carbocycles. The van der Waals surface area contributed by atoms with E-state index in [4.69, 9.17) is 14.6 Å². The van der Waals surface area contributed by atoms with Crippen LogP contribution in [0.2, 0.25) is 0 Å². The third kappa shape index (κ3) is 4.01. The maximum absolute atomic E-state index is 11.2. The summed E-state index contributed by atoms with van der Waals surface area (Å²) >= 11 is 0. The molecule has 0 aromatic heterocycles. The molecule has 0 saturated heterocycles. The van der Waals surface area contributed by atoms with Gasteiger partial charge in [-0.2, -0.15) is 0 Å². The van der Waals surface area contributed by atoms with Gasteiger partial charge in [-0.1, -0.05) is 0 Å². The van der Waals surface area contributed by atoms with E-state index in [1.54, 1.807) is 0 Å². The molecule has 0 aliphatic rings. The highest BCUT2D eigenvalue weighted by atomic mass is 32.2. The Hall–Kier alpha value is -1.60. The van der Waals surface area contributed by atoms with Crippen molar-refractivity contribution in [1.82, 2.24) is 0 Å².